The number of hydrogen-bond donors (Lipinski definition) is 0. The van der Waals surface area contributed by atoms with Crippen molar-refractivity contribution in [3.8, 4) is 0 Å². The monoisotopic (exact) mass is 312 g/mol. The molecule has 0 aromatic heterocycles. The van der Waals surface area contributed by atoms with Crippen molar-refractivity contribution in [1.82, 2.24) is 9.80 Å². The minimum absolute atomic E-state index is 0.0191. The minimum Gasteiger partial charge on any atom is -0.464 e. The van der Waals surface area contributed by atoms with Crippen molar-refractivity contribution in [3.05, 3.63) is 0 Å². The van der Waals surface area contributed by atoms with E-state index in [2.05, 4.69) is 37.5 Å². The summed E-state index contributed by atoms with van der Waals surface area (Å²) in [5.41, 5.74) is -0.131. The Hall–Kier alpha value is -0.650. The summed E-state index contributed by atoms with van der Waals surface area (Å²) in [5.74, 6) is -0.0191. The van der Waals surface area contributed by atoms with E-state index in [0.717, 1.165) is 58.8 Å². The number of nitrogens with zero attached hydrogens (tertiary/aromatic N) is 2. The Morgan fingerprint density at radius 3 is 2.27 bits per heavy atom. The van der Waals surface area contributed by atoms with Crippen LogP contribution in [0.3, 0.4) is 0 Å². The van der Waals surface area contributed by atoms with Crippen molar-refractivity contribution in [2.24, 2.45) is 5.41 Å². The molecule has 0 aromatic rings. The van der Waals surface area contributed by atoms with Crippen LogP contribution in [0.1, 0.15) is 40.5 Å². The van der Waals surface area contributed by atoms with Gasteiger partial charge in [0.2, 0.25) is 0 Å². The van der Waals surface area contributed by atoms with Crippen molar-refractivity contribution in [2.75, 3.05) is 52.5 Å². The Morgan fingerprint density at radius 2 is 1.73 bits per heavy atom. The number of esters is 1. The van der Waals surface area contributed by atoms with Gasteiger partial charge in [0.1, 0.15) is 6.61 Å². The molecule has 0 atom stereocenters. The predicted molar refractivity (Wildman–Crippen MR) is 86.9 cm³/mol. The molecule has 2 saturated heterocycles. The van der Waals surface area contributed by atoms with E-state index in [1.165, 1.54) is 0 Å². The number of rotatable bonds is 4. The van der Waals surface area contributed by atoms with Crippen molar-refractivity contribution in [1.29, 1.82) is 0 Å². The van der Waals surface area contributed by atoms with Crippen molar-refractivity contribution in [2.45, 2.75) is 46.1 Å². The minimum atomic E-state index is -0.313. The summed E-state index contributed by atoms with van der Waals surface area (Å²) >= 11 is 0. The Bertz CT molecular complexity index is 365. The van der Waals surface area contributed by atoms with Crippen LogP contribution >= 0.6 is 0 Å². The van der Waals surface area contributed by atoms with Gasteiger partial charge in [-0.3, -0.25) is 14.6 Å². The normalized spacial score (nSPS) is 24.2. The summed E-state index contributed by atoms with van der Waals surface area (Å²) in [7, 11) is 0. The molecule has 0 spiro atoms. The fourth-order valence-electron chi connectivity index (χ4n) is 3.14. The van der Waals surface area contributed by atoms with Crippen LogP contribution in [0.25, 0.3) is 0 Å². The quantitative estimate of drug-likeness (QED) is 0.740. The second kappa shape index (κ2) is 7.28. The van der Waals surface area contributed by atoms with Crippen molar-refractivity contribution < 1.29 is 14.3 Å². The Balaban J connectivity index is 1.72. The molecule has 2 aliphatic heterocycles. The fourth-order valence-corrected chi connectivity index (χ4v) is 3.14. The molecule has 0 saturated carbocycles. The van der Waals surface area contributed by atoms with E-state index in [1.807, 2.05) is 0 Å². The van der Waals surface area contributed by atoms with Gasteiger partial charge in [0.15, 0.2) is 0 Å². The molecule has 0 amide bonds. The van der Waals surface area contributed by atoms with Gasteiger partial charge >= 0.3 is 5.97 Å². The molecule has 0 unspecified atom stereocenters. The summed E-state index contributed by atoms with van der Waals surface area (Å²) in [6.07, 6.45) is 1.78. The molecule has 0 N–H and O–H groups in total. The summed E-state index contributed by atoms with van der Waals surface area (Å²) in [6, 6.07) is 0. The zero-order valence-electron chi connectivity index (χ0n) is 14.7. The van der Waals surface area contributed by atoms with Gasteiger partial charge in [0.05, 0.1) is 18.6 Å². The smallest absolute Gasteiger partial charge is 0.311 e. The molecular formula is C17H32N2O3. The molecule has 2 aliphatic rings. The molecule has 0 aromatic carbocycles. The zero-order chi connectivity index (χ0) is 16.2. The molecule has 0 bridgehead atoms. The summed E-state index contributed by atoms with van der Waals surface area (Å²) < 4.78 is 10.9. The maximum absolute atomic E-state index is 12.4. The molecule has 2 fully saturated rings. The van der Waals surface area contributed by atoms with E-state index < -0.39 is 0 Å². The van der Waals surface area contributed by atoms with Crippen LogP contribution in [0, 0.1) is 5.41 Å². The number of carbonyl (C=O) groups excluding carboxylic acids is 1. The Morgan fingerprint density at radius 1 is 1.14 bits per heavy atom. The van der Waals surface area contributed by atoms with E-state index in [4.69, 9.17) is 9.47 Å². The first-order chi connectivity index (χ1) is 10.3. The number of likely N-dealkylation sites (tertiary alicyclic amines) is 1. The van der Waals surface area contributed by atoms with Gasteiger partial charge in [-0.15, -0.1) is 0 Å². The number of hydrogen-bond acceptors (Lipinski definition) is 5. The van der Waals surface area contributed by atoms with Crippen LogP contribution in [0.5, 0.6) is 0 Å². The van der Waals surface area contributed by atoms with E-state index >= 15 is 0 Å². The van der Waals surface area contributed by atoms with Crippen LogP contribution in [-0.4, -0.2) is 73.9 Å². The average molecular weight is 312 g/mol. The Labute approximate surface area is 134 Å². The second-order valence-electron chi connectivity index (χ2n) is 7.81. The molecule has 2 heterocycles. The highest BCUT2D eigenvalue weighted by molar-refractivity contribution is 5.76. The van der Waals surface area contributed by atoms with Crippen LogP contribution in [-0.2, 0) is 14.3 Å². The summed E-state index contributed by atoms with van der Waals surface area (Å²) in [4.78, 5) is 17.2. The van der Waals surface area contributed by atoms with Gasteiger partial charge < -0.3 is 9.47 Å². The third-order valence-electron chi connectivity index (χ3n) is 5.05. The zero-order valence-corrected chi connectivity index (χ0v) is 14.7. The van der Waals surface area contributed by atoms with Crippen LogP contribution < -0.4 is 0 Å². The predicted octanol–water partition coefficient (Wildman–Crippen LogP) is 1.76. The van der Waals surface area contributed by atoms with E-state index in [9.17, 15) is 4.79 Å². The first kappa shape index (κ1) is 17.7. The first-order valence-corrected chi connectivity index (χ1v) is 8.54. The van der Waals surface area contributed by atoms with Gasteiger partial charge in [0.25, 0.3) is 0 Å². The van der Waals surface area contributed by atoms with Gasteiger partial charge in [-0.05, 0) is 53.6 Å². The fraction of sp³-hybridized carbons (Fsp3) is 0.941. The SMILES string of the molecule is CC1(C(=O)OCCN2CCOCC2)CCN(C(C)(C)C)CC1. The molecule has 0 aliphatic carbocycles. The highest BCUT2D eigenvalue weighted by Gasteiger charge is 2.40. The van der Waals surface area contributed by atoms with Crippen LogP contribution in [0.15, 0.2) is 0 Å². The maximum Gasteiger partial charge on any atom is 0.311 e. The highest BCUT2D eigenvalue weighted by atomic mass is 16.5. The van der Waals surface area contributed by atoms with Crippen LogP contribution in [0.4, 0.5) is 0 Å². The van der Waals surface area contributed by atoms with Gasteiger partial charge in [-0.25, -0.2) is 0 Å². The first-order valence-electron chi connectivity index (χ1n) is 8.54. The number of piperidine rings is 1. The number of morpholine rings is 1. The number of ether oxygens (including phenoxy) is 2. The lowest BCUT2D eigenvalue weighted by Gasteiger charge is -2.44. The summed E-state index contributed by atoms with van der Waals surface area (Å²) in [5, 5.41) is 0. The van der Waals surface area contributed by atoms with E-state index in [0.29, 0.717) is 6.61 Å². The van der Waals surface area contributed by atoms with Gasteiger partial charge in [0, 0.05) is 25.2 Å². The number of carbonyl (C=O) groups is 1. The maximum atomic E-state index is 12.4. The average Bonchev–Trinajstić information content (AvgIpc) is 2.47. The van der Waals surface area contributed by atoms with Crippen molar-refractivity contribution in [3.63, 3.8) is 0 Å². The molecular weight excluding hydrogens is 280 g/mol. The topological polar surface area (TPSA) is 42.0 Å². The van der Waals surface area contributed by atoms with E-state index in [-0.39, 0.29) is 16.9 Å². The van der Waals surface area contributed by atoms with E-state index in [1.54, 1.807) is 0 Å². The lowest BCUT2D eigenvalue weighted by atomic mass is 9.79. The third-order valence-corrected chi connectivity index (χ3v) is 5.05. The molecule has 128 valence electrons. The Kier molecular flexibility index (Phi) is 5.86. The van der Waals surface area contributed by atoms with Crippen LogP contribution in [0.2, 0.25) is 0 Å². The molecule has 2 rings (SSSR count). The molecule has 5 nitrogen and oxygen atoms in total. The molecule has 0 radical (unpaired) electrons. The van der Waals surface area contributed by atoms with Gasteiger partial charge in [-0.2, -0.15) is 0 Å². The second-order valence-corrected chi connectivity index (χ2v) is 7.81. The lowest BCUT2D eigenvalue weighted by Crippen LogP contribution is -2.50. The molecule has 22 heavy (non-hydrogen) atoms. The summed E-state index contributed by atoms with van der Waals surface area (Å²) in [6.45, 7) is 15.5. The van der Waals surface area contributed by atoms with Crippen molar-refractivity contribution >= 4 is 5.97 Å². The molecule has 5 heteroatoms. The standard InChI is InChI=1S/C17H32N2O3/c1-16(2,3)19-7-5-17(4,6-8-19)15(20)22-14-11-18-9-12-21-13-10-18/h5-14H2,1-4H3. The third kappa shape index (κ3) is 4.67. The van der Waals surface area contributed by atoms with Gasteiger partial charge in [-0.1, -0.05) is 0 Å². The largest absolute Gasteiger partial charge is 0.464 e. The lowest BCUT2D eigenvalue weighted by molar-refractivity contribution is -0.159. The highest BCUT2D eigenvalue weighted by Crippen LogP contribution is 2.34.